The van der Waals surface area contributed by atoms with Crippen LogP contribution < -0.4 is 0 Å². The van der Waals surface area contributed by atoms with Crippen molar-refractivity contribution >= 4 is 27.5 Å². The molecule has 7 nitrogen and oxygen atoms in total. The molecule has 0 spiro atoms. The van der Waals surface area contributed by atoms with E-state index in [9.17, 15) is 13.2 Å². The first-order valence-electron chi connectivity index (χ1n) is 9.34. The number of nitrogens with zero attached hydrogens (tertiary/aromatic N) is 3. The predicted octanol–water partition coefficient (Wildman–Crippen LogP) is 2.95. The molecule has 2 atom stereocenters. The van der Waals surface area contributed by atoms with Crippen molar-refractivity contribution in [1.29, 1.82) is 0 Å². The zero-order valence-corrected chi connectivity index (χ0v) is 17.9. The third-order valence-electron chi connectivity index (χ3n) is 5.06. The molecule has 0 unspecified atom stereocenters. The zero-order chi connectivity index (χ0) is 20.3. The Bertz CT molecular complexity index is 942. The number of rotatable bonds is 7. The molecule has 0 N–H and O–H groups in total. The van der Waals surface area contributed by atoms with Gasteiger partial charge in [0.25, 0.3) is 5.22 Å². The van der Waals surface area contributed by atoms with Crippen molar-refractivity contribution < 1.29 is 17.6 Å². The monoisotopic (exact) mass is 423 g/mol. The second-order valence-electron chi connectivity index (χ2n) is 7.09. The van der Waals surface area contributed by atoms with E-state index in [4.69, 9.17) is 4.42 Å². The van der Waals surface area contributed by atoms with Gasteiger partial charge in [-0.1, -0.05) is 36.9 Å². The lowest BCUT2D eigenvalue weighted by molar-refractivity contribution is -0.132. The number of hydrogen-bond acceptors (Lipinski definition) is 7. The van der Waals surface area contributed by atoms with E-state index in [1.165, 1.54) is 11.8 Å². The van der Waals surface area contributed by atoms with Crippen LogP contribution in [0.25, 0.3) is 11.5 Å². The number of benzene rings is 1. The fourth-order valence-corrected chi connectivity index (χ4v) is 5.73. The van der Waals surface area contributed by atoms with Gasteiger partial charge in [-0.05, 0) is 38.3 Å². The molecule has 1 aliphatic heterocycles. The first-order valence-corrected chi connectivity index (χ1v) is 12.2. The minimum Gasteiger partial charge on any atom is -0.411 e. The summed E-state index contributed by atoms with van der Waals surface area (Å²) in [5.74, 6) is 0.655. The number of sulfone groups is 1. The highest BCUT2D eigenvalue weighted by atomic mass is 32.2. The molecule has 2 heterocycles. The van der Waals surface area contributed by atoms with Gasteiger partial charge < -0.3 is 9.32 Å². The Kier molecular flexibility index (Phi) is 6.44. The molecule has 2 aromatic rings. The van der Waals surface area contributed by atoms with Crippen LogP contribution in [0.4, 0.5) is 0 Å². The molecule has 28 heavy (non-hydrogen) atoms. The largest absolute Gasteiger partial charge is 0.411 e. The normalized spacial score (nSPS) is 19.5. The van der Waals surface area contributed by atoms with Crippen LogP contribution in [0.15, 0.2) is 33.9 Å². The number of carbonyl (C=O) groups excluding carboxylic acids is 1. The Morgan fingerprint density at radius 2 is 2.11 bits per heavy atom. The van der Waals surface area contributed by atoms with Gasteiger partial charge in [0.15, 0.2) is 9.84 Å². The molecule has 1 aliphatic rings. The first kappa shape index (κ1) is 20.9. The van der Waals surface area contributed by atoms with Crippen LogP contribution in [0.1, 0.15) is 32.3 Å². The van der Waals surface area contributed by atoms with Gasteiger partial charge in [-0.15, -0.1) is 10.2 Å². The van der Waals surface area contributed by atoms with Gasteiger partial charge in [-0.3, -0.25) is 4.79 Å². The van der Waals surface area contributed by atoms with Crippen molar-refractivity contribution in [2.75, 3.05) is 17.3 Å². The van der Waals surface area contributed by atoms with Crippen molar-refractivity contribution in [3.05, 3.63) is 29.8 Å². The summed E-state index contributed by atoms with van der Waals surface area (Å²) in [7, 11) is -3.06. The van der Waals surface area contributed by atoms with E-state index in [1.54, 1.807) is 4.90 Å². The third kappa shape index (κ3) is 4.75. The highest BCUT2D eigenvalue weighted by Crippen LogP contribution is 2.27. The number of carbonyl (C=O) groups is 1. The van der Waals surface area contributed by atoms with Gasteiger partial charge in [0.2, 0.25) is 11.8 Å². The fourth-order valence-electron chi connectivity index (χ4n) is 3.39. The molecule has 1 saturated heterocycles. The van der Waals surface area contributed by atoms with Crippen LogP contribution in [0, 0.1) is 6.92 Å². The van der Waals surface area contributed by atoms with Crippen LogP contribution in [0.2, 0.25) is 0 Å². The SMILES string of the molecule is CC[C@@H](C)N(C(=O)CSc1nnc(-c2ccccc2C)o1)[C@@H]1CCS(=O)(=O)C1. The second-order valence-corrected chi connectivity index (χ2v) is 10.2. The van der Waals surface area contributed by atoms with Gasteiger partial charge in [-0.25, -0.2) is 8.42 Å². The summed E-state index contributed by atoms with van der Waals surface area (Å²) in [6, 6.07) is 7.46. The van der Waals surface area contributed by atoms with Gasteiger partial charge in [0.05, 0.1) is 17.3 Å². The lowest BCUT2D eigenvalue weighted by Gasteiger charge is -2.33. The van der Waals surface area contributed by atoms with Crippen LogP contribution in [-0.4, -0.2) is 58.8 Å². The molecule has 3 rings (SSSR count). The highest BCUT2D eigenvalue weighted by molar-refractivity contribution is 7.99. The third-order valence-corrected chi connectivity index (χ3v) is 7.61. The summed E-state index contributed by atoms with van der Waals surface area (Å²) in [6.45, 7) is 5.92. The van der Waals surface area contributed by atoms with E-state index in [2.05, 4.69) is 10.2 Å². The predicted molar refractivity (Wildman–Crippen MR) is 109 cm³/mol. The maximum absolute atomic E-state index is 12.9. The van der Waals surface area contributed by atoms with Crippen LogP contribution >= 0.6 is 11.8 Å². The minimum absolute atomic E-state index is 0.0170. The molecule has 1 aromatic carbocycles. The van der Waals surface area contributed by atoms with Gasteiger partial charge >= 0.3 is 0 Å². The summed E-state index contributed by atoms with van der Waals surface area (Å²) < 4.78 is 29.4. The molecule has 0 saturated carbocycles. The number of thioether (sulfide) groups is 1. The van der Waals surface area contributed by atoms with Crippen molar-refractivity contribution in [1.82, 2.24) is 15.1 Å². The lowest BCUT2D eigenvalue weighted by atomic mass is 10.1. The topological polar surface area (TPSA) is 93.4 Å². The average Bonchev–Trinajstić information content (AvgIpc) is 3.26. The number of hydrogen-bond donors (Lipinski definition) is 0. The average molecular weight is 424 g/mol. The molecule has 0 bridgehead atoms. The summed E-state index contributed by atoms with van der Waals surface area (Å²) in [4.78, 5) is 14.6. The smallest absolute Gasteiger partial charge is 0.277 e. The molecule has 1 amide bonds. The van der Waals surface area contributed by atoms with E-state index < -0.39 is 9.84 Å². The molecule has 0 radical (unpaired) electrons. The van der Waals surface area contributed by atoms with Crippen molar-refractivity contribution in [2.45, 2.75) is 50.9 Å². The molecular formula is C19H25N3O4S2. The summed E-state index contributed by atoms with van der Waals surface area (Å²) >= 11 is 1.18. The summed E-state index contributed by atoms with van der Waals surface area (Å²) in [6.07, 6.45) is 1.27. The summed E-state index contributed by atoms with van der Waals surface area (Å²) in [5, 5.41) is 8.43. The van der Waals surface area contributed by atoms with Crippen LogP contribution in [0.5, 0.6) is 0 Å². The Hall–Kier alpha value is -1.87. The Morgan fingerprint density at radius 3 is 2.75 bits per heavy atom. The zero-order valence-electron chi connectivity index (χ0n) is 16.3. The number of amides is 1. The van der Waals surface area contributed by atoms with Crippen LogP contribution in [-0.2, 0) is 14.6 Å². The Labute approximate surface area is 169 Å². The Balaban J connectivity index is 1.67. The molecule has 9 heteroatoms. The molecule has 1 aromatic heterocycles. The Morgan fingerprint density at radius 1 is 1.36 bits per heavy atom. The van der Waals surface area contributed by atoms with Gasteiger partial charge in [0.1, 0.15) is 0 Å². The van der Waals surface area contributed by atoms with Gasteiger partial charge in [0, 0.05) is 17.6 Å². The number of aromatic nitrogens is 2. The standard InChI is InChI=1S/C19H25N3O4S2/c1-4-14(3)22(15-9-10-28(24,25)12-15)17(23)11-27-19-21-20-18(26-19)16-8-6-5-7-13(16)2/h5-8,14-15H,4,9-12H2,1-3H3/t14-,15-/m1/s1. The van der Waals surface area contributed by atoms with Crippen molar-refractivity contribution in [2.24, 2.45) is 0 Å². The molecule has 0 aliphatic carbocycles. The van der Waals surface area contributed by atoms with E-state index in [0.717, 1.165) is 17.5 Å². The maximum atomic E-state index is 12.9. The molecule has 1 fully saturated rings. The fraction of sp³-hybridized carbons (Fsp3) is 0.526. The number of aryl methyl sites for hydroxylation is 1. The van der Waals surface area contributed by atoms with Crippen molar-refractivity contribution in [3.8, 4) is 11.5 Å². The highest BCUT2D eigenvalue weighted by Gasteiger charge is 2.36. The van der Waals surface area contributed by atoms with Crippen molar-refractivity contribution in [3.63, 3.8) is 0 Å². The summed E-state index contributed by atoms with van der Waals surface area (Å²) in [5.41, 5.74) is 1.90. The van der Waals surface area contributed by atoms with Gasteiger partial charge in [-0.2, -0.15) is 0 Å². The van der Waals surface area contributed by atoms with E-state index in [1.807, 2.05) is 45.0 Å². The minimum atomic E-state index is -3.06. The molecular weight excluding hydrogens is 398 g/mol. The van der Waals surface area contributed by atoms with E-state index in [-0.39, 0.29) is 35.2 Å². The maximum Gasteiger partial charge on any atom is 0.277 e. The molecule has 152 valence electrons. The lowest BCUT2D eigenvalue weighted by Crippen LogP contribution is -2.47. The van der Waals surface area contributed by atoms with E-state index in [0.29, 0.717) is 17.5 Å². The van der Waals surface area contributed by atoms with E-state index >= 15 is 0 Å². The second kappa shape index (κ2) is 8.65. The quantitative estimate of drug-likeness (QED) is 0.632. The first-order chi connectivity index (χ1) is 13.3. The van der Waals surface area contributed by atoms with Crippen LogP contribution in [0.3, 0.4) is 0 Å².